The highest BCUT2D eigenvalue weighted by Crippen LogP contribution is 2.26. The van der Waals surface area contributed by atoms with E-state index in [0.29, 0.717) is 11.3 Å². The number of nitrogens with zero attached hydrogens (tertiary/aromatic N) is 3. The number of hydrogen-bond acceptors (Lipinski definition) is 6. The molecule has 0 N–H and O–H groups in total. The maximum absolute atomic E-state index is 12.3. The van der Waals surface area contributed by atoms with Crippen LogP contribution in [0.5, 0.6) is 0 Å². The summed E-state index contributed by atoms with van der Waals surface area (Å²) in [4.78, 5) is 17.8. The first-order valence-corrected chi connectivity index (χ1v) is 6.86. The number of piperidine rings is 1. The molecule has 2 atom stereocenters. The molecule has 0 bridgehead atoms. The summed E-state index contributed by atoms with van der Waals surface area (Å²) < 4.78 is 5.07. The third kappa shape index (κ3) is 2.27. The quantitative estimate of drug-likeness (QED) is 0.838. The molecule has 0 amide bonds. The van der Waals surface area contributed by atoms with Gasteiger partial charge in [0.05, 0.1) is 11.8 Å². The van der Waals surface area contributed by atoms with Gasteiger partial charge in [-0.2, -0.15) is 0 Å². The van der Waals surface area contributed by atoms with Crippen LogP contribution in [0.2, 0.25) is 0 Å². The Hall–Kier alpha value is -1.95. The van der Waals surface area contributed by atoms with Gasteiger partial charge in [0.15, 0.2) is 5.69 Å². The molecule has 0 radical (unpaired) electrons. The van der Waals surface area contributed by atoms with Gasteiger partial charge in [0.1, 0.15) is 12.0 Å². The second-order valence-electron chi connectivity index (χ2n) is 5.27. The summed E-state index contributed by atoms with van der Waals surface area (Å²) in [6, 6.07) is 2.12. The largest absolute Gasteiger partial charge is 0.472 e. The Bertz CT molecular complexity index is 573. The summed E-state index contributed by atoms with van der Waals surface area (Å²) in [5, 5.41) is 9.61. The first-order valence-electron chi connectivity index (χ1n) is 6.86. The molecule has 0 aliphatic carbocycles. The van der Waals surface area contributed by atoms with E-state index >= 15 is 0 Å². The van der Waals surface area contributed by atoms with E-state index in [4.69, 9.17) is 9.25 Å². The molecule has 1 saturated heterocycles. The Morgan fingerprint density at radius 2 is 2.10 bits per heavy atom. The van der Waals surface area contributed by atoms with Crippen molar-refractivity contribution in [2.45, 2.75) is 45.2 Å². The van der Waals surface area contributed by atoms with E-state index in [9.17, 15) is 4.79 Å². The Labute approximate surface area is 117 Å². The Morgan fingerprint density at radius 3 is 2.85 bits per heavy atom. The second kappa shape index (κ2) is 5.20. The summed E-state index contributed by atoms with van der Waals surface area (Å²) in [5.74, 6) is -0.477. The van der Waals surface area contributed by atoms with Crippen molar-refractivity contribution in [3.8, 4) is 11.3 Å². The van der Waals surface area contributed by atoms with Crippen LogP contribution in [0, 0.1) is 0 Å². The molecule has 0 spiro atoms. The van der Waals surface area contributed by atoms with Gasteiger partial charge >= 0.3 is 5.97 Å². The van der Waals surface area contributed by atoms with E-state index < -0.39 is 5.97 Å². The zero-order valence-corrected chi connectivity index (χ0v) is 11.6. The lowest BCUT2D eigenvalue weighted by atomic mass is 10.0. The zero-order valence-electron chi connectivity index (χ0n) is 11.6. The predicted octanol–water partition coefficient (Wildman–Crippen LogP) is 2.51. The molecule has 3 aliphatic heterocycles. The van der Waals surface area contributed by atoms with Gasteiger partial charge in [-0.05, 0) is 26.7 Å². The van der Waals surface area contributed by atoms with E-state index in [1.807, 2.05) is 0 Å². The number of rotatable bonds is 2. The number of hydrogen-bond donors (Lipinski definition) is 0. The van der Waals surface area contributed by atoms with E-state index in [1.165, 1.54) is 12.5 Å². The van der Waals surface area contributed by atoms with Gasteiger partial charge in [0, 0.05) is 18.2 Å². The molecule has 6 nitrogen and oxygen atoms in total. The maximum atomic E-state index is 12.3. The summed E-state index contributed by atoms with van der Waals surface area (Å²) >= 11 is 0. The van der Waals surface area contributed by atoms with E-state index in [2.05, 4.69) is 24.0 Å². The minimum absolute atomic E-state index is 0.203. The van der Waals surface area contributed by atoms with Gasteiger partial charge in [0.25, 0.3) is 0 Å². The molecule has 0 aromatic heterocycles. The van der Waals surface area contributed by atoms with Crippen molar-refractivity contribution in [1.29, 1.82) is 0 Å². The predicted molar refractivity (Wildman–Crippen MR) is 70.9 cm³/mol. The molecule has 3 aliphatic rings. The van der Waals surface area contributed by atoms with E-state index in [-0.39, 0.29) is 17.8 Å². The first kappa shape index (κ1) is 13.1. The molecule has 2 unspecified atom stereocenters. The van der Waals surface area contributed by atoms with Crippen LogP contribution in [-0.4, -0.2) is 33.3 Å². The van der Waals surface area contributed by atoms with Gasteiger partial charge in [-0.3, -0.25) is 0 Å². The highest BCUT2D eigenvalue weighted by Gasteiger charge is 2.31. The Morgan fingerprint density at radius 1 is 1.35 bits per heavy atom. The van der Waals surface area contributed by atoms with Crippen molar-refractivity contribution >= 4 is 5.97 Å². The van der Waals surface area contributed by atoms with Crippen molar-refractivity contribution in [2.24, 2.45) is 0 Å². The average molecular weight is 275 g/mol. The molecule has 3 rings (SSSR count). The molecule has 0 saturated carbocycles. The van der Waals surface area contributed by atoms with Crippen molar-refractivity contribution in [1.82, 2.24) is 15.3 Å². The maximum Gasteiger partial charge on any atom is 0.378 e. The van der Waals surface area contributed by atoms with Crippen LogP contribution < -0.4 is 0 Å². The van der Waals surface area contributed by atoms with Gasteiger partial charge < -0.3 is 9.25 Å². The van der Waals surface area contributed by atoms with E-state index in [1.54, 1.807) is 11.1 Å². The van der Waals surface area contributed by atoms with Crippen LogP contribution in [0.25, 0.3) is 11.3 Å². The van der Waals surface area contributed by atoms with Crippen molar-refractivity contribution in [3.05, 3.63) is 24.3 Å². The Balaban J connectivity index is 1.79. The van der Waals surface area contributed by atoms with Gasteiger partial charge in [0.2, 0.25) is 0 Å². The molecule has 0 aromatic rings. The lowest BCUT2D eigenvalue weighted by Crippen LogP contribution is -2.44. The topological polar surface area (TPSA) is 68.5 Å². The monoisotopic (exact) mass is 275 g/mol. The van der Waals surface area contributed by atoms with Crippen molar-refractivity contribution < 1.29 is 14.0 Å². The van der Waals surface area contributed by atoms with Crippen LogP contribution in [0.3, 0.4) is 0 Å². The van der Waals surface area contributed by atoms with Crippen molar-refractivity contribution in [3.63, 3.8) is 0 Å². The molecule has 0 aromatic carbocycles. The van der Waals surface area contributed by atoms with Crippen LogP contribution in [0.15, 0.2) is 23.0 Å². The Kier molecular flexibility index (Phi) is 3.40. The minimum atomic E-state index is -0.477. The molecule has 6 heteroatoms. The zero-order chi connectivity index (χ0) is 14.1. The van der Waals surface area contributed by atoms with Crippen molar-refractivity contribution in [2.75, 3.05) is 0 Å². The molecular weight excluding hydrogens is 258 g/mol. The number of fused-ring (bicyclic) bond motifs is 1. The number of carbonyl (C=O) groups excluding carboxylic acids is 1. The van der Waals surface area contributed by atoms with Crippen LogP contribution >= 0.6 is 0 Å². The highest BCUT2D eigenvalue weighted by atomic mass is 16.7. The SMILES string of the molecule is CC1CCCC(C)N1OC(=O)c1nnc2ccocc1-2. The molecular formula is C14H17N3O3. The third-order valence-electron chi connectivity index (χ3n) is 3.77. The summed E-state index contributed by atoms with van der Waals surface area (Å²) in [7, 11) is 0. The summed E-state index contributed by atoms with van der Waals surface area (Å²) in [5.41, 5.74) is 1.41. The second-order valence-corrected chi connectivity index (χ2v) is 5.27. The molecule has 106 valence electrons. The smallest absolute Gasteiger partial charge is 0.378 e. The highest BCUT2D eigenvalue weighted by molar-refractivity contribution is 5.94. The third-order valence-corrected chi connectivity index (χ3v) is 3.77. The standard InChI is InChI=1S/C14H17N3O3/c1-9-4-3-5-10(2)17(9)20-14(18)13-11-8-19-7-6-12(11)15-16-13/h6-10H,3-5H2,1-2H3. The fourth-order valence-corrected chi connectivity index (χ4v) is 2.65. The molecule has 20 heavy (non-hydrogen) atoms. The average Bonchev–Trinajstić information content (AvgIpc) is 2.87. The lowest BCUT2D eigenvalue weighted by Gasteiger charge is -2.36. The molecule has 3 heterocycles. The first-order chi connectivity index (χ1) is 9.66. The number of aromatic nitrogens is 2. The summed E-state index contributed by atoms with van der Waals surface area (Å²) in [6.07, 6.45) is 6.19. The number of carbonyl (C=O) groups is 1. The van der Waals surface area contributed by atoms with Gasteiger partial charge in [-0.25, -0.2) is 4.79 Å². The normalized spacial score (nSPS) is 23.9. The van der Waals surface area contributed by atoms with Crippen LogP contribution in [0.1, 0.15) is 43.6 Å². The fourth-order valence-electron chi connectivity index (χ4n) is 2.65. The van der Waals surface area contributed by atoms with E-state index in [0.717, 1.165) is 19.3 Å². The van der Waals surface area contributed by atoms with Gasteiger partial charge in [-0.1, -0.05) is 6.42 Å². The van der Waals surface area contributed by atoms with Gasteiger partial charge in [-0.15, -0.1) is 15.3 Å². The van der Waals surface area contributed by atoms with Crippen LogP contribution in [-0.2, 0) is 4.84 Å². The fraction of sp³-hybridized carbons (Fsp3) is 0.500. The summed E-state index contributed by atoms with van der Waals surface area (Å²) in [6.45, 7) is 4.13. The minimum Gasteiger partial charge on any atom is -0.472 e. The molecule has 1 fully saturated rings. The van der Waals surface area contributed by atoms with Crippen LogP contribution in [0.4, 0.5) is 0 Å². The number of hydroxylamine groups is 2. The lowest BCUT2D eigenvalue weighted by molar-refractivity contribution is -0.173.